The predicted octanol–water partition coefficient (Wildman–Crippen LogP) is 2.11. The molecule has 1 amide bonds. The zero-order chi connectivity index (χ0) is 12.0. The Balaban J connectivity index is 1.56. The van der Waals surface area contributed by atoms with Crippen molar-refractivity contribution in [3.8, 4) is 0 Å². The smallest absolute Gasteiger partial charge is 0.223 e. The normalized spacial score (nSPS) is 41.5. The fraction of sp³-hybridized carbons (Fsp3) is 0.929. The molecule has 3 saturated carbocycles. The van der Waals surface area contributed by atoms with Gasteiger partial charge in [0, 0.05) is 24.0 Å². The first-order valence-corrected chi connectivity index (χ1v) is 7.09. The molecule has 3 aliphatic carbocycles. The molecule has 0 aromatic carbocycles. The highest BCUT2D eigenvalue weighted by Crippen LogP contribution is 2.57. The summed E-state index contributed by atoms with van der Waals surface area (Å²) in [7, 11) is 0. The van der Waals surface area contributed by atoms with E-state index in [1.807, 2.05) is 0 Å². The Bertz CT molecular complexity index is 324. The molecule has 3 fully saturated rings. The van der Waals surface area contributed by atoms with Crippen LogP contribution in [0.5, 0.6) is 0 Å². The highest BCUT2D eigenvalue weighted by Gasteiger charge is 2.59. The van der Waals surface area contributed by atoms with Crippen LogP contribution in [0.1, 0.15) is 46.0 Å². The number of amides is 1. The molecule has 4 atom stereocenters. The highest BCUT2D eigenvalue weighted by atomic mass is 16.5. The second-order valence-electron chi connectivity index (χ2n) is 6.15. The van der Waals surface area contributed by atoms with E-state index in [0.29, 0.717) is 35.3 Å². The van der Waals surface area contributed by atoms with Crippen molar-refractivity contribution in [1.29, 1.82) is 0 Å². The van der Waals surface area contributed by atoms with Crippen molar-refractivity contribution in [2.45, 2.75) is 58.1 Å². The quantitative estimate of drug-likeness (QED) is 0.813. The van der Waals surface area contributed by atoms with E-state index in [-0.39, 0.29) is 0 Å². The van der Waals surface area contributed by atoms with E-state index in [1.54, 1.807) is 0 Å². The van der Waals surface area contributed by atoms with Crippen LogP contribution in [0.3, 0.4) is 0 Å². The fourth-order valence-corrected chi connectivity index (χ4v) is 3.61. The van der Waals surface area contributed by atoms with Crippen LogP contribution in [0.2, 0.25) is 0 Å². The van der Waals surface area contributed by atoms with Gasteiger partial charge in [-0.25, -0.2) is 0 Å². The highest BCUT2D eigenvalue weighted by molar-refractivity contribution is 5.82. The second kappa shape index (κ2) is 3.98. The van der Waals surface area contributed by atoms with Crippen LogP contribution in [-0.4, -0.2) is 24.7 Å². The summed E-state index contributed by atoms with van der Waals surface area (Å²) in [4.78, 5) is 12.0. The van der Waals surface area contributed by atoms with E-state index in [9.17, 15) is 4.79 Å². The molecular weight excluding hydrogens is 214 g/mol. The van der Waals surface area contributed by atoms with E-state index >= 15 is 0 Å². The van der Waals surface area contributed by atoms with E-state index in [4.69, 9.17) is 4.74 Å². The SMILES string of the molecule is CCO[C@@H]1C[C@H](NC(=O)[C@H]2C[C@@H]2C)C12CCC2. The Labute approximate surface area is 103 Å². The number of rotatable bonds is 4. The molecule has 0 bridgehead atoms. The first-order valence-electron chi connectivity index (χ1n) is 7.09. The van der Waals surface area contributed by atoms with Gasteiger partial charge < -0.3 is 10.1 Å². The number of ether oxygens (including phenoxy) is 1. The molecule has 3 heteroatoms. The monoisotopic (exact) mass is 237 g/mol. The summed E-state index contributed by atoms with van der Waals surface area (Å²) in [6.45, 7) is 5.02. The molecule has 17 heavy (non-hydrogen) atoms. The molecule has 3 aliphatic rings. The minimum absolute atomic E-state index is 0.295. The first-order chi connectivity index (χ1) is 8.17. The van der Waals surface area contributed by atoms with E-state index in [1.165, 1.54) is 19.3 Å². The number of hydrogen-bond donors (Lipinski definition) is 1. The van der Waals surface area contributed by atoms with Crippen molar-refractivity contribution in [3.63, 3.8) is 0 Å². The van der Waals surface area contributed by atoms with Gasteiger partial charge in [0.2, 0.25) is 5.91 Å². The maximum absolute atomic E-state index is 12.0. The third kappa shape index (κ3) is 1.70. The van der Waals surface area contributed by atoms with Gasteiger partial charge in [0.15, 0.2) is 0 Å². The van der Waals surface area contributed by atoms with Crippen LogP contribution < -0.4 is 5.32 Å². The second-order valence-corrected chi connectivity index (χ2v) is 6.15. The Hall–Kier alpha value is -0.570. The van der Waals surface area contributed by atoms with Crippen molar-refractivity contribution >= 4 is 5.91 Å². The lowest BCUT2D eigenvalue weighted by atomic mass is 9.51. The lowest BCUT2D eigenvalue weighted by molar-refractivity contribution is -0.176. The maximum Gasteiger partial charge on any atom is 0.223 e. The molecule has 0 unspecified atom stereocenters. The van der Waals surface area contributed by atoms with Gasteiger partial charge in [-0.3, -0.25) is 4.79 Å². The van der Waals surface area contributed by atoms with Gasteiger partial charge in [-0.2, -0.15) is 0 Å². The molecular formula is C14H23NO2. The van der Waals surface area contributed by atoms with Crippen LogP contribution in [0.25, 0.3) is 0 Å². The Kier molecular flexibility index (Phi) is 2.69. The van der Waals surface area contributed by atoms with Crippen molar-refractivity contribution in [3.05, 3.63) is 0 Å². The third-order valence-electron chi connectivity index (χ3n) is 5.20. The fourth-order valence-electron chi connectivity index (χ4n) is 3.61. The van der Waals surface area contributed by atoms with Crippen molar-refractivity contribution in [2.75, 3.05) is 6.61 Å². The molecule has 3 rings (SSSR count). The van der Waals surface area contributed by atoms with E-state index < -0.39 is 0 Å². The average molecular weight is 237 g/mol. The summed E-state index contributed by atoms with van der Waals surface area (Å²) in [5, 5.41) is 3.27. The largest absolute Gasteiger partial charge is 0.378 e. The van der Waals surface area contributed by atoms with Crippen LogP contribution in [0.4, 0.5) is 0 Å². The summed E-state index contributed by atoms with van der Waals surface area (Å²) in [5.74, 6) is 1.21. The van der Waals surface area contributed by atoms with Crippen LogP contribution >= 0.6 is 0 Å². The number of nitrogens with one attached hydrogen (secondary N) is 1. The van der Waals surface area contributed by atoms with E-state index in [2.05, 4.69) is 19.2 Å². The minimum Gasteiger partial charge on any atom is -0.378 e. The molecule has 3 nitrogen and oxygen atoms in total. The summed E-state index contributed by atoms with van der Waals surface area (Å²) >= 11 is 0. The molecule has 1 spiro atoms. The van der Waals surface area contributed by atoms with Gasteiger partial charge in [-0.1, -0.05) is 13.3 Å². The molecule has 0 aromatic rings. The van der Waals surface area contributed by atoms with E-state index in [0.717, 1.165) is 19.4 Å². The molecule has 0 saturated heterocycles. The minimum atomic E-state index is 0.295. The van der Waals surface area contributed by atoms with Crippen molar-refractivity contribution in [2.24, 2.45) is 17.3 Å². The molecule has 96 valence electrons. The van der Waals surface area contributed by atoms with Gasteiger partial charge in [0.25, 0.3) is 0 Å². The van der Waals surface area contributed by atoms with Gasteiger partial charge in [-0.05, 0) is 38.5 Å². The van der Waals surface area contributed by atoms with Gasteiger partial charge in [0.1, 0.15) is 0 Å². The Morgan fingerprint density at radius 1 is 1.41 bits per heavy atom. The number of hydrogen-bond acceptors (Lipinski definition) is 2. The molecule has 1 N–H and O–H groups in total. The summed E-state index contributed by atoms with van der Waals surface area (Å²) in [5.41, 5.74) is 0.309. The molecule has 0 heterocycles. The Morgan fingerprint density at radius 2 is 2.12 bits per heavy atom. The summed E-state index contributed by atoms with van der Waals surface area (Å²) < 4.78 is 5.79. The molecule has 0 aromatic heterocycles. The van der Waals surface area contributed by atoms with Gasteiger partial charge in [-0.15, -0.1) is 0 Å². The van der Waals surface area contributed by atoms with Crippen molar-refractivity contribution < 1.29 is 9.53 Å². The summed E-state index contributed by atoms with van der Waals surface area (Å²) in [6, 6.07) is 0.396. The zero-order valence-electron chi connectivity index (χ0n) is 10.9. The predicted molar refractivity (Wildman–Crippen MR) is 65.5 cm³/mol. The van der Waals surface area contributed by atoms with Gasteiger partial charge >= 0.3 is 0 Å². The lowest BCUT2D eigenvalue weighted by Gasteiger charge is -2.61. The standard InChI is InChI=1S/C14H23NO2/c1-3-17-12-8-11(14(12)5-4-6-14)15-13(16)10-7-9(10)2/h9-12H,3-8H2,1-2H3,(H,15,16)/t9-,10-,11-,12+/m0/s1. The number of carbonyl (C=O) groups is 1. The number of carbonyl (C=O) groups excluding carboxylic acids is 1. The van der Waals surface area contributed by atoms with Gasteiger partial charge in [0.05, 0.1) is 6.10 Å². The maximum atomic E-state index is 12.0. The van der Waals surface area contributed by atoms with Crippen LogP contribution in [0, 0.1) is 17.3 Å². The van der Waals surface area contributed by atoms with Crippen LogP contribution in [0.15, 0.2) is 0 Å². The first kappa shape index (κ1) is 11.5. The average Bonchev–Trinajstić information content (AvgIpc) is 2.91. The lowest BCUT2D eigenvalue weighted by Crippen LogP contribution is -2.67. The molecule has 0 aliphatic heterocycles. The topological polar surface area (TPSA) is 38.3 Å². The third-order valence-corrected chi connectivity index (χ3v) is 5.20. The van der Waals surface area contributed by atoms with Crippen LogP contribution in [-0.2, 0) is 9.53 Å². The van der Waals surface area contributed by atoms with Crippen molar-refractivity contribution in [1.82, 2.24) is 5.32 Å². The Morgan fingerprint density at radius 3 is 2.59 bits per heavy atom. The summed E-state index contributed by atoms with van der Waals surface area (Å²) in [6.07, 6.45) is 6.30. The molecule has 0 radical (unpaired) electrons. The zero-order valence-corrected chi connectivity index (χ0v) is 10.9.